The van der Waals surface area contributed by atoms with E-state index in [1.807, 2.05) is 29.7 Å². The van der Waals surface area contributed by atoms with Crippen molar-refractivity contribution in [1.82, 2.24) is 19.4 Å². The summed E-state index contributed by atoms with van der Waals surface area (Å²) in [5, 5.41) is 3.30. The van der Waals surface area contributed by atoms with E-state index < -0.39 is 0 Å². The summed E-state index contributed by atoms with van der Waals surface area (Å²) < 4.78 is 28.1. The van der Waals surface area contributed by atoms with Crippen molar-refractivity contribution >= 4 is 34.2 Å². The Bertz CT molecular complexity index is 1320. The molecule has 0 amide bonds. The van der Waals surface area contributed by atoms with Crippen LogP contribution < -0.4 is 14.8 Å². The highest BCUT2D eigenvalue weighted by molar-refractivity contribution is 14.1. The lowest BCUT2D eigenvalue weighted by Crippen LogP contribution is -2.10. The minimum absolute atomic E-state index is 0.242. The molecule has 1 aliphatic rings. The van der Waals surface area contributed by atoms with E-state index in [9.17, 15) is 4.39 Å². The molecular weight excluding hydrogens is 524 g/mol. The topological polar surface area (TPSA) is 73.6 Å². The fourth-order valence-electron chi connectivity index (χ4n) is 4.02. The lowest BCUT2D eigenvalue weighted by Gasteiger charge is -2.13. The van der Waals surface area contributed by atoms with Gasteiger partial charge in [-0.2, -0.15) is 0 Å². The van der Waals surface area contributed by atoms with Gasteiger partial charge in [0.1, 0.15) is 17.2 Å². The third-order valence-corrected chi connectivity index (χ3v) is 6.38. The number of nitrogens with zero attached hydrogens (tertiary/aromatic N) is 4. The first-order chi connectivity index (χ1) is 15.6. The summed E-state index contributed by atoms with van der Waals surface area (Å²) in [5.74, 6) is 1.68. The summed E-state index contributed by atoms with van der Waals surface area (Å²) in [6.45, 7) is 2.82. The number of methoxy groups -OCH3 is 1. The van der Waals surface area contributed by atoms with E-state index in [1.54, 1.807) is 19.4 Å². The van der Waals surface area contributed by atoms with Crippen molar-refractivity contribution in [3.05, 3.63) is 65.0 Å². The molecule has 0 spiro atoms. The molecule has 5 rings (SSSR count). The molecular formula is C23H21FIN5O2. The average molecular weight is 545 g/mol. The van der Waals surface area contributed by atoms with Crippen molar-refractivity contribution in [2.75, 3.05) is 19.0 Å². The fourth-order valence-corrected chi connectivity index (χ4v) is 4.39. The maximum Gasteiger partial charge on any atom is 0.213 e. The number of nitrogens with one attached hydrogen (secondary N) is 1. The first kappa shape index (κ1) is 20.9. The molecule has 32 heavy (non-hydrogen) atoms. The molecule has 0 radical (unpaired) electrons. The molecule has 9 heteroatoms. The minimum Gasteiger partial charge on any atom is -0.493 e. The van der Waals surface area contributed by atoms with E-state index in [4.69, 9.17) is 14.5 Å². The number of aromatic nitrogens is 4. The Hall–Kier alpha value is -2.95. The molecule has 0 saturated heterocycles. The third-order valence-electron chi connectivity index (χ3n) is 5.60. The predicted molar refractivity (Wildman–Crippen MR) is 128 cm³/mol. The molecule has 164 valence electrons. The normalized spacial score (nSPS) is 12.6. The van der Waals surface area contributed by atoms with Gasteiger partial charge >= 0.3 is 0 Å². The number of aryl methyl sites for hydroxylation is 1. The number of alkyl halides is 1. The molecule has 1 N–H and O–H groups in total. The SMILES string of the molecule is COc1ccc(-c2cnc(NCc3c(F)ccc4c3CCO4)n3cc(CI)nc23)c(C)n1. The Morgan fingerprint density at radius 2 is 2.09 bits per heavy atom. The van der Waals surface area contributed by atoms with Gasteiger partial charge in [0, 0.05) is 63.8 Å². The van der Waals surface area contributed by atoms with Crippen molar-refractivity contribution in [3.8, 4) is 22.8 Å². The van der Waals surface area contributed by atoms with Gasteiger partial charge in [-0.3, -0.25) is 4.40 Å². The first-order valence-corrected chi connectivity index (χ1v) is 11.7. The molecule has 0 unspecified atom stereocenters. The van der Waals surface area contributed by atoms with Crippen LogP contribution >= 0.6 is 22.6 Å². The van der Waals surface area contributed by atoms with Crippen LogP contribution in [0.1, 0.15) is 22.5 Å². The number of hydrogen-bond donors (Lipinski definition) is 1. The van der Waals surface area contributed by atoms with Crippen LogP contribution in [0.25, 0.3) is 16.8 Å². The maximum absolute atomic E-state index is 14.6. The second kappa shape index (κ2) is 8.53. The van der Waals surface area contributed by atoms with Gasteiger partial charge in [-0.1, -0.05) is 22.6 Å². The van der Waals surface area contributed by atoms with Crippen LogP contribution in [0.5, 0.6) is 11.6 Å². The number of imidazole rings is 1. The van der Waals surface area contributed by atoms with Gasteiger partial charge < -0.3 is 14.8 Å². The molecule has 0 bridgehead atoms. The Morgan fingerprint density at radius 1 is 1.22 bits per heavy atom. The molecule has 4 aromatic rings. The Balaban J connectivity index is 1.54. The number of ether oxygens (including phenoxy) is 2. The van der Waals surface area contributed by atoms with E-state index in [0.29, 0.717) is 37.0 Å². The number of rotatable bonds is 6. The largest absolute Gasteiger partial charge is 0.493 e. The molecule has 0 saturated carbocycles. The summed E-state index contributed by atoms with van der Waals surface area (Å²) in [4.78, 5) is 13.9. The van der Waals surface area contributed by atoms with E-state index >= 15 is 0 Å². The number of anilines is 1. The highest BCUT2D eigenvalue weighted by atomic mass is 127. The van der Waals surface area contributed by atoms with E-state index in [-0.39, 0.29) is 5.82 Å². The van der Waals surface area contributed by atoms with Crippen LogP contribution in [-0.4, -0.2) is 33.1 Å². The van der Waals surface area contributed by atoms with Crippen LogP contribution in [-0.2, 0) is 17.4 Å². The van der Waals surface area contributed by atoms with Crippen molar-refractivity contribution < 1.29 is 13.9 Å². The number of hydrogen-bond acceptors (Lipinski definition) is 6. The highest BCUT2D eigenvalue weighted by Crippen LogP contribution is 2.32. The minimum atomic E-state index is -0.242. The van der Waals surface area contributed by atoms with Crippen molar-refractivity contribution in [2.45, 2.75) is 24.3 Å². The number of halogens is 2. The maximum atomic E-state index is 14.6. The standard InChI is InChI=1S/C23H21FIN5O2/c1-13-15(3-6-21(28-13)31-2)18-11-27-23(30-12-14(9-25)29-22(18)30)26-10-17-16-7-8-32-20(16)5-4-19(17)24/h3-6,11-12H,7-10H2,1-2H3,(H,26,27). The molecule has 3 aromatic heterocycles. The second-order valence-electron chi connectivity index (χ2n) is 7.50. The van der Waals surface area contributed by atoms with Gasteiger partial charge in [0.15, 0.2) is 0 Å². The van der Waals surface area contributed by atoms with Crippen LogP contribution in [0, 0.1) is 12.7 Å². The molecule has 1 aliphatic heterocycles. The number of pyridine rings is 1. The Kier molecular flexibility index (Phi) is 5.58. The molecule has 0 aliphatic carbocycles. The fraction of sp³-hybridized carbons (Fsp3) is 0.261. The van der Waals surface area contributed by atoms with Crippen LogP contribution in [0.4, 0.5) is 10.3 Å². The molecule has 1 aromatic carbocycles. The molecule has 4 heterocycles. The predicted octanol–water partition coefficient (Wildman–Crippen LogP) is 4.73. The average Bonchev–Trinajstić information content (AvgIpc) is 3.46. The zero-order chi connectivity index (χ0) is 22.2. The van der Waals surface area contributed by atoms with Gasteiger partial charge in [-0.25, -0.2) is 19.3 Å². The van der Waals surface area contributed by atoms with E-state index in [1.165, 1.54) is 6.07 Å². The molecule has 0 fully saturated rings. The first-order valence-electron chi connectivity index (χ1n) is 10.2. The third kappa shape index (κ3) is 3.64. The van der Waals surface area contributed by atoms with Crippen molar-refractivity contribution in [3.63, 3.8) is 0 Å². The molecule has 0 atom stereocenters. The number of benzene rings is 1. The van der Waals surface area contributed by atoms with Crippen LogP contribution in [0.3, 0.4) is 0 Å². The number of fused-ring (bicyclic) bond motifs is 2. The zero-order valence-electron chi connectivity index (χ0n) is 17.7. The van der Waals surface area contributed by atoms with Crippen LogP contribution in [0.2, 0.25) is 0 Å². The lowest BCUT2D eigenvalue weighted by atomic mass is 10.0. The smallest absolute Gasteiger partial charge is 0.213 e. The summed E-state index contributed by atoms with van der Waals surface area (Å²) in [5.41, 5.74) is 5.87. The zero-order valence-corrected chi connectivity index (χ0v) is 19.8. The summed E-state index contributed by atoms with van der Waals surface area (Å²) in [7, 11) is 1.60. The Morgan fingerprint density at radius 3 is 2.88 bits per heavy atom. The lowest BCUT2D eigenvalue weighted by molar-refractivity contribution is 0.356. The van der Waals surface area contributed by atoms with Gasteiger partial charge in [0.05, 0.1) is 19.4 Å². The van der Waals surface area contributed by atoms with Crippen molar-refractivity contribution in [1.29, 1.82) is 0 Å². The Labute approximate surface area is 198 Å². The highest BCUT2D eigenvalue weighted by Gasteiger charge is 2.20. The van der Waals surface area contributed by atoms with Crippen molar-refractivity contribution in [2.24, 2.45) is 0 Å². The van der Waals surface area contributed by atoms with Gasteiger partial charge in [0.25, 0.3) is 0 Å². The van der Waals surface area contributed by atoms with Gasteiger partial charge in [-0.05, 0) is 25.1 Å². The second-order valence-corrected chi connectivity index (χ2v) is 8.26. The van der Waals surface area contributed by atoms with E-state index in [2.05, 4.69) is 37.9 Å². The monoisotopic (exact) mass is 545 g/mol. The van der Waals surface area contributed by atoms with Gasteiger partial charge in [-0.15, -0.1) is 0 Å². The summed E-state index contributed by atoms with van der Waals surface area (Å²) in [6, 6.07) is 6.94. The van der Waals surface area contributed by atoms with Gasteiger partial charge in [0.2, 0.25) is 11.8 Å². The van der Waals surface area contributed by atoms with Crippen LogP contribution in [0.15, 0.2) is 36.7 Å². The summed E-state index contributed by atoms with van der Waals surface area (Å²) in [6.07, 6.45) is 4.45. The van der Waals surface area contributed by atoms with E-state index in [0.717, 1.165) is 43.9 Å². The summed E-state index contributed by atoms with van der Waals surface area (Å²) >= 11 is 2.29. The molecule has 7 nitrogen and oxygen atoms in total. The quantitative estimate of drug-likeness (QED) is 0.279.